The Morgan fingerprint density at radius 2 is 1.82 bits per heavy atom. The summed E-state index contributed by atoms with van der Waals surface area (Å²) in [6, 6.07) is 6.47. The van der Waals surface area contributed by atoms with Crippen molar-refractivity contribution in [3.63, 3.8) is 0 Å². The van der Waals surface area contributed by atoms with E-state index in [-0.39, 0.29) is 17.8 Å². The van der Waals surface area contributed by atoms with Gasteiger partial charge in [0.1, 0.15) is 5.82 Å². The minimum Gasteiger partial charge on any atom is -0.353 e. The van der Waals surface area contributed by atoms with Crippen molar-refractivity contribution in [2.24, 2.45) is 5.92 Å². The zero-order valence-electron chi connectivity index (χ0n) is 10.7. The van der Waals surface area contributed by atoms with Gasteiger partial charge in [-0.25, -0.2) is 4.39 Å². The Morgan fingerprint density at radius 3 is 2.35 bits per heavy atom. The largest absolute Gasteiger partial charge is 0.353 e. The summed E-state index contributed by atoms with van der Waals surface area (Å²) in [5, 5.41) is 2.95. The van der Waals surface area contributed by atoms with Crippen LogP contribution in [0.25, 0.3) is 0 Å². The molecule has 0 heterocycles. The predicted octanol–water partition coefficient (Wildman–Crippen LogP) is 2.92. The van der Waals surface area contributed by atoms with Crippen LogP contribution in [0.1, 0.15) is 32.8 Å². The van der Waals surface area contributed by atoms with Crippen molar-refractivity contribution < 1.29 is 9.18 Å². The Bertz CT molecular complexity index is 359. The lowest BCUT2D eigenvalue weighted by atomic mass is 10.1. The number of carbonyl (C=O) groups excluding carboxylic acids is 1. The summed E-state index contributed by atoms with van der Waals surface area (Å²) in [6.07, 6.45) is 1.10. The van der Waals surface area contributed by atoms with Gasteiger partial charge in [-0.2, -0.15) is 0 Å². The van der Waals surface area contributed by atoms with Gasteiger partial charge in [0.15, 0.2) is 0 Å². The normalized spacial score (nSPS) is 12.5. The Labute approximate surface area is 102 Å². The lowest BCUT2D eigenvalue weighted by molar-refractivity contribution is -0.121. The summed E-state index contributed by atoms with van der Waals surface area (Å²) < 4.78 is 12.7. The molecule has 3 heteroatoms. The molecule has 0 radical (unpaired) electrons. The van der Waals surface area contributed by atoms with Gasteiger partial charge in [0.2, 0.25) is 5.91 Å². The Morgan fingerprint density at radius 1 is 1.24 bits per heavy atom. The third-order valence-electron chi connectivity index (χ3n) is 2.94. The zero-order chi connectivity index (χ0) is 12.8. The molecular formula is C14H20FNO. The van der Waals surface area contributed by atoms with E-state index in [0.717, 1.165) is 5.56 Å². The van der Waals surface area contributed by atoms with Crippen LogP contribution in [0.4, 0.5) is 4.39 Å². The van der Waals surface area contributed by atoms with Crippen LogP contribution in [0.2, 0.25) is 0 Å². The van der Waals surface area contributed by atoms with Crippen molar-refractivity contribution in [3.05, 3.63) is 35.6 Å². The summed E-state index contributed by atoms with van der Waals surface area (Å²) >= 11 is 0. The molecule has 17 heavy (non-hydrogen) atoms. The number of nitrogens with one attached hydrogen (secondary N) is 1. The number of hydrogen-bond acceptors (Lipinski definition) is 1. The average Bonchev–Trinajstić information content (AvgIpc) is 2.28. The number of halogens is 1. The van der Waals surface area contributed by atoms with Crippen LogP contribution in [0.5, 0.6) is 0 Å². The van der Waals surface area contributed by atoms with E-state index in [1.54, 1.807) is 12.1 Å². The molecule has 1 aromatic rings. The first-order chi connectivity index (χ1) is 7.99. The Hall–Kier alpha value is -1.38. The number of benzene rings is 1. The highest BCUT2D eigenvalue weighted by molar-refractivity contribution is 5.76. The minimum absolute atomic E-state index is 0.0514. The molecule has 0 aliphatic carbocycles. The molecule has 0 aromatic heterocycles. The molecule has 1 rings (SSSR count). The van der Waals surface area contributed by atoms with E-state index >= 15 is 0 Å². The second-order valence-corrected chi connectivity index (χ2v) is 4.73. The summed E-state index contributed by atoms with van der Waals surface area (Å²) in [6.45, 7) is 6.15. The van der Waals surface area contributed by atoms with Crippen molar-refractivity contribution in [2.75, 3.05) is 0 Å². The molecular weight excluding hydrogens is 217 g/mol. The molecule has 0 unspecified atom stereocenters. The van der Waals surface area contributed by atoms with E-state index in [1.807, 2.05) is 6.92 Å². The maximum Gasteiger partial charge on any atom is 0.220 e. The summed E-state index contributed by atoms with van der Waals surface area (Å²) in [5.41, 5.74) is 0.985. The standard InChI is InChI=1S/C14H20FNO/c1-10(2)11(3)16-14(17)9-6-12-4-7-13(15)8-5-12/h4-5,7-8,10-11H,6,9H2,1-3H3,(H,16,17)/t11-/m0/s1. The fourth-order valence-electron chi connectivity index (χ4n) is 1.40. The number of amides is 1. The number of aryl methyl sites for hydroxylation is 1. The van der Waals surface area contributed by atoms with Crippen LogP contribution in [0.15, 0.2) is 24.3 Å². The van der Waals surface area contributed by atoms with Crippen LogP contribution in [0, 0.1) is 11.7 Å². The smallest absolute Gasteiger partial charge is 0.220 e. The molecule has 94 valence electrons. The third-order valence-corrected chi connectivity index (χ3v) is 2.94. The molecule has 0 bridgehead atoms. The maximum atomic E-state index is 12.7. The quantitative estimate of drug-likeness (QED) is 0.838. The lowest BCUT2D eigenvalue weighted by Crippen LogP contribution is -2.36. The predicted molar refractivity (Wildman–Crippen MR) is 67.2 cm³/mol. The van der Waals surface area contributed by atoms with Gasteiger partial charge in [-0.3, -0.25) is 4.79 Å². The third kappa shape index (κ3) is 4.98. The molecule has 0 saturated carbocycles. The van der Waals surface area contributed by atoms with Gasteiger partial charge in [0.25, 0.3) is 0 Å². The van der Waals surface area contributed by atoms with E-state index in [9.17, 15) is 9.18 Å². The second kappa shape index (κ2) is 6.38. The molecule has 0 spiro atoms. The first kappa shape index (κ1) is 13.7. The van der Waals surface area contributed by atoms with Crippen molar-refractivity contribution in [1.29, 1.82) is 0 Å². The van der Waals surface area contributed by atoms with Gasteiger partial charge in [-0.1, -0.05) is 26.0 Å². The van der Waals surface area contributed by atoms with Crippen LogP contribution in [-0.4, -0.2) is 11.9 Å². The molecule has 2 nitrogen and oxygen atoms in total. The van der Waals surface area contributed by atoms with Gasteiger partial charge >= 0.3 is 0 Å². The maximum absolute atomic E-state index is 12.7. The lowest BCUT2D eigenvalue weighted by Gasteiger charge is -2.17. The van der Waals surface area contributed by atoms with E-state index in [4.69, 9.17) is 0 Å². The van der Waals surface area contributed by atoms with Crippen LogP contribution in [-0.2, 0) is 11.2 Å². The fourth-order valence-corrected chi connectivity index (χ4v) is 1.40. The topological polar surface area (TPSA) is 29.1 Å². The molecule has 0 aliphatic heterocycles. The Kier molecular flexibility index (Phi) is 5.13. The first-order valence-electron chi connectivity index (χ1n) is 6.03. The number of rotatable bonds is 5. The average molecular weight is 237 g/mol. The minimum atomic E-state index is -0.244. The van der Waals surface area contributed by atoms with Crippen molar-refractivity contribution >= 4 is 5.91 Å². The zero-order valence-corrected chi connectivity index (χ0v) is 10.7. The van der Waals surface area contributed by atoms with Gasteiger partial charge in [-0.15, -0.1) is 0 Å². The van der Waals surface area contributed by atoms with Crippen molar-refractivity contribution in [2.45, 2.75) is 39.7 Å². The molecule has 0 fully saturated rings. The highest BCUT2D eigenvalue weighted by Gasteiger charge is 2.10. The molecule has 0 saturated heterocycles. The SMILES string of the molecule is CC(C)[C@H](C)NC(=O)CCc1ccc(F)cc1. The molecule has 1 amide bonds. The highest BCUT2D eigenvalue weighted by Crippen LogP contribution is 2.06. The van der Waals surface area contributed by atoms with Gasteiger partial charge in [0, 0.05) is 12.5 Å². The first-order valence-corrected chi connectivity index (χ1v) is 6.03. The second-order valence-electron chi connectivity index (χ2n) is 4.73. The molecule has 1 N–H and O–H groups in total. The van der Waals surface area contributed by atoms with Crippen LogP contribution < -0.4 is 5.32 Å². The summed E-state index contributed by atoms with van der Waals surface area (Å²) in [7, 11) is 0. The highest BCUT2D eigenvalue weighted by atomic mass is 19.1. The monoisotopic (exact) mass is 237 g/mol. The number of hydrogen-bond donors (Lipinski definition) is 1. The fraction of sp³-hybridized carbons (Fsp3) is 0.500. The summed E-state index contributed by atoms with van der Waals surface area (Å²) in [4.78, 5) is 11.6. The van der Waals surface area contributed by atoms with Crippen molar-refractivity contribution in [1.82, 2.24) is 5.32 Å². The van der Waals surface area contributed by atoms with E-state index < -0.39 is 0 Å². The van der Waals surface area contributed by atoms with Gasteiger partial charge < -0.3 is 5.32 Å². The Balaban J connectivity index is 2.35. The van der Waals surface area contributed by atoms with E-state index in [2.05, 4.69) is 19.2 Å². The number of carbonyl (C=O) groups is 1. The van der Waals surface area contributed by atoms with E-state index in [1.165, 1.54) is 12.1 Å². The summed E-state index contributed by atoms with van der Waals surface area (Å²) in [5.74, 6) is 0.243. The van der Waals surface area contributed by atoms with Gasteiger partial charge in [-0.05, 0) is 37.0 Å². The van der Waals surface area contributed by atoms with Crippen LogP contribution >= 0.6 is 0 Å². The molecule has 0 aliphatic rings. The van der Waals surface area contributed by atoms with Crippen molar-refractivity contribution in [3.8, 4) is 0 Å². The van der Waals surface area contributed by atoms with E-state index in [0.29, 0.717) is 18.8 Å². The molecule has 1 aromatic carbocycles. The van der Waals surface area contributed by atoms with Crippen LogP contribution in [0.3, 0.4) is 0 Å². The molecule has 1 atom stereocenters. The van der Waals surface area contributed by atoms with Gasteiger partial charge in [0.05, 0.1) is 0 Å².